The van der Waals surface area contributed by atoms with Gasteiger partial charge in [-0.3, -0.25) is 9.78 Å². The van der Waals surface area contributed by atoms with Gasteiger partial charge in [0.25, 0.3) is 5.91 Å². The van der Waals surface area contributed by atoms with Crippen LogP contribution in [-0.2, 0) is 0 Å². The molecule has 1 aromatic heterocycles. The fourth-order valence-electron chi connectivity index (χ4n) is 2.72. The van der Waals surface area contributed by atoms with Crippen LogP contribution < -0.4 is 10.6 Å². The van der Waals surface area contributed by atoms with Gasteiger partial charge in [-0.2, -0.15) is 0 Å². The van der Waals surface area contributed by atoms with E-state index in [1.807, 2.05) is 0 Å². The number of fused-ring (bicyclic) bond motifs is 2. The lowest BCUT2D eigenvalue weighted by atomic mass is 10.1. The molecule has 2 heterocycles. The van der Waals surface area contributed by atoms with Gasteiger partial charge in [-0.15, -0.1) is 0 Å². The molecule has 1 atom stereocenters. The van der Waals surface area contributed by atoms with Gasteiger partial charge in [-0.25, -0.2) is 4.39 Å². The van der Waals surface area contributed by atoms with E-state index in [1.165, 1.54) is 17.8 Å². The zero-order valence-electron chi connectivity index (χ0n) is 13.4. The zero-order chi connectivity index (χ0) is 18.1. The minimum Gasteiger partial charge on any atom is -0.369 e. The molecule has 1 aliphatic heterocycles. The predicted octanol–water partition coefficient (Wildman–Crippen LogP) is 4.04. The number of nitrogens with zero attached hydrogens (tertiary/aromatic N) is 1. The average Bonchev–Trinajstić information content (AvgIpc) is 2.78. The number of aromatic nitrogens is 1. The zero-order valence-corrected chi connectivity index (χ0v) is 14.3. The van der Waals surface area contributed by atoms with Gasteiger partial charge in [0.2, 0.25) is 0 Å². The topological polar surface area (TPSA) is 74.2 Å². The van der Waals surface area contributed by atoms with Crippen molar-refractivity contribution in [2.45, 2.75) is 16.0 Å². The van der Waals surface area contributed by atoms with E-state index in [4.69, 9.17) is 0 Å². The Balaban J connectivity index is 1.64. The number of rotatable bonds is 2. The third-order valence-electron chi connectivity index (χ3n) is 3.98. The number of nitrogens with one attached hydrogen (secondary N) is 2. The van der Waals surface area contributed by atoms with Crippen LogP contribution >= 0.6 is 11.8 Å². The first kappa shape index (κ1) is 16.6. The highest BCUT2D eigenvalue weighted by Gasteiger charge is 2.24. The second kappa shape index (κ2) is 6.78. The Morgan fingerprint density at radius 1 is 1.15 bits per heavy atom. The summed E-state index contributed by atoms with van der Waals surface area (Å²) in [6, 6.07) is 13.2. The number of hydrogen-bond acceptors (Lipinski definition) is 5. The van der Waals surface area contributed by atoms with Crippen LogP contribution in [0.2, 0.25) is 0 Å². The summed E-state index contributed by atoms with van der Waals surface area (Å²) >= 11 is 1.34. The van der Waals surface area contributed by atoms with E-state index in [2.05, 4.69) is 15.6 Å². The number of anilines is 2. The Morgan fingerprint density at radius 2 is 1.96 bits per heavy atom. The van der Waals surface area contributed by atoms with Gasteiger partial charge < -0.3 is 15.7 Å². The summed E-state index contributed by atoms with van der Waals surface area (Å²) in [5.74, 6) is -0.758. The number of carbonyl (C=O) groups excluding carboxylic acids is 1. The number of carbonyl (C=O) groups is 1. The predicted molar refractivity (Wildman–Crippen MR) is 97.7 cm³/mol. The van der Waals surface area contributed by atoms with Crippen molar-refractivity contribution in [2.24, 2.45) is 0 Å². The summed E-state index contributed by atoms with van der Waals surface area (Å²) in [7, 11) is 0. The normalized spacial score (nSPS) is 15.2. The molecule has 3 aromatic rings. The van der Waals surface area contributed by atoms with E-state index in [0.29, 0.717) is 21.8 Å². The SMILES string of the molecule is O=C(Nc1ccncc1)c1ccc2c(c1)NC(O)c1c(F)cccc1S2. The molecule has 1 unspecified atom stereocenters. The van der Waals surface area contributed by atoms with Crippen LogP contribution in [0.5, 0.6) is 0 Å². The van der Waals surface area contributed by atoms with Crippen molar-refractivity contribution < 1.29 is 14.3 Å². The molecule has 1 aliphatic rings. The third-order valence-corrected chi connectivity index (χ3v) is 5.13. The number of amides is 1. The standard InChI is InChI=1S/C19H14FN3O2S/c20-13-2-1-3-16-17(13)19(25)23-14-10-11(4-5-15(14)26-16)18(24)22-12-6-8-21-9-7-12/h1-10,19,23,25H,(H,21,22,24). The Kier molecular flexibility index (Phi) is 4.32. The number of pyridine rings is 1. The maximum absolute atomic E-state index is 14.1. The van der Waals surface area contributed by atoms with Crippen molar-refractivity contribution in [3.8, 4) is 0 Å². The van der Waals surface area contributed by atoms with Gasteiger partial charge in [-0.05, 0) is 42.5 Å². The van der Waals surface area contributed by atoms with Crippen LogP contribution in [-0.4, -0.2) is 16.0 Å². The van der Waals surface area contributed by atoms with E-state index in [9.17, 15) is 14.3 Å². The monoisotopic (exact) mass is 367 g/mol. The summed E-state index contributed by atoms with van der Waals surface area (Å²) < 4.78 is 14.1. The largest absolute Gasteiger partial charge is 0.369 e. The van der Waals surface area contributed by atoms with Gasteiger partial charge in [-0.1, -0.05) is 17.8 Å². The van der Waals surface area contributed by atoms with E-state index in [-0.39, 0.29) is 11.5 Å². The van der Waals surface area contributed by atoms with Crippen molar-refractivity contribution in [1.29, 1.82) is 0 Å². The highest BCUT2D eigenvalue weighted by atomic mass is 32.2. The Labute approximate surface area is 153 Å². The summed E-state index contributed by atoms with van der Waals surface area (Å²) in [6.45, 7) is 0. The molecule has 0 aliphatic carbocycles. The first-order valence-electron chi connectivity index (χ1n) is 7.88. The minimum atomic E-state index is -1.20. The number of aliphatic hydroxyl groups excluding tert-OH is 1. The van der Waals surface area contributed by atoms with Gasteiger partial charge >= 0.3 is 0 Å². The molecule has 7 heteroatoms. The lowest BCUT2D eigenvalue weighted by Crippen LogP contribution is -2.14. The smallest absolute Gasteiger partial charge is 0.255 e. The van der Waals surface area contributed by atoms with Gasteiger partial charge in [0.05, 0.1) is 11.3 Å². The minimum absolute atomic E-state index is 0.205. The Morgan fingerprint density at radius 3 is 2.77 bits per heavy atom. The molecule has 5 nitrogen and oxygen atoms in total. The number of aliphatic hydroxyl groups is 1. The van der Waals surface area contributed by atoms with E-state index >= 15 is 0 Å². The van der Waals surface area contributed by atoms with Crippen LogP contribution in [0.25, 0.3) is 0 Å². The maximum atomic E-state index is 14.1. The fourth-order valence-corrected chi connectivity index (χ4v) is 3.79. The molecule has 0 saturated carbocycles. The second-order valence-electron chi connectivity index (χ2n) is 5.70. The van der Waals surface area contributed by atoms with E-state index < -0.39 is 12.0 Å². The molecule has 0 fully saturated rings. The fraction of sp³-hybridized carbons (Fsp3) is 0.0526. The molecule has 0 bridgehead atoms. The molecular weight excluding hydrogens is 353 g/mol. The lowest BCUT2D eigenvalue weighted by molar-refractivity contribution is 0.102. The number of hydrogen-bond donors (Lipinski definition) is 3. The van der Waals surface area contributed by atoms with Crippen molar-refractivity contribution >= 4 is 29.0 Å². The molecule has 26 heavy (non-hydrogen) atoms. The average molecular weight is 367 g/mol. The molecule has 4 rings (SSSR count). The lowest BCUT2D eigenvalue weighted by Gasteiger charge is -2.15. The van der Waals surface area contributed by atoms with Crippen LogP contribution in [0.1, 0.15) is 22.1 Å². The van der Waals surface area contributed by atoms with Crippen molar-refractivity contribution in [1.82, 2.24) is 4.98 Å². The van der Waals surface area contributed by atoms with E-state index in [0.717, 1.165) is 4.90 Å². The van der Waals surface area contributed by atoms with Crippen LogP contribution in [0, 0.1) is 5.82 Å². The molecule has 3 N–H and O–H groups in total. The quantitative estimate of drug-likeness (QED) is 0.637. The molecular formula is C19H14FN3O2S. The Hall–Kier alpha value is -2.90. The molecule has 130 valence electrons. The molecule has 1 amide bonds. The maximum Gasteiger partial charge on any atom is 0.255 e. The third kappa shape index (κ3) is 3.14. The van der Waals surface area contributed by atoms with Crippen molar-refractivity contribution in [2.75, 3.05) is 10.6 Å². The van der Waals surface area contributed by atoms with Crippen LogP contribution in [0.3, 0.4) is 0 Å². The summed E-state index contributed by atoms with van der Waals surface area (Å²) in [5, 5.41) is 16.0. The molecule has 0 spiro atoms. The summed E-state index contributed by atoms with van der Waals surface area (Å²) in [4.78, 5) is 17.8. The second-order valence-corrected chi connectivity index (χ2v) is 6.79. The summed E-state index contributed by atoms with van der Waals surface area (Å²) in [5.41, 5.74) is 1.83. The first-order valence-corrected chi connectivity index (χ1v) is 8.70. The van der Waals surface area contributed by atoms with Crippen LogP contribution in [0.15, 0.2) is 70.7 Å². The van der Waals surface area contributed by atoms with Crippen LogP contribution in [0.4, 0.5) is 15.8 Å². The molecule has 0 radical (unpaired) electrons. The molecule has 0 saturated heterocycles. The van der Waals surface area contributed by atoms with Gasteiger partial charge in [0.1, 0.15) is 5.82 Å². The van der Waals surface area contributed by atoms with E-state index in [1.54, 1.807) is 54.9 Å². The van der Waals surface area contributed by atoms with Gasteiger partial charge in [0, 0.05) is 33.4 Å². The summed E-state index contributed by atoms with van der Waals surface area (Å²) in [6.07, 6.45) is 1.98. The highest BCUT2D eigenvalue weighted by molar-refractivity contribution is 7.99. The van der Waals surface area contributed by atoms with Crippen molar-refractivity contribution in [3.05, 3.63) is 77.9 Å². The molecule has 2 aromatic carbocycles. The number of halogens is 1. The van der Waals surface area contributed by atoms with Crippen molar-refractivity contribution in [3.63, 3.8) is 0 Å². The Bertz CT molecular complexity index is 982. The highest BCUT2D eigenvalue weighted by Crippen LogP contribution is 2.42. The number of benzene rings is 2. The van der Waals surface area contributed by atoms with Gasteiger partial charge in [0.15, 0.2) is 6.23 Å². The first-order chi connectivity index (χ1) is 12.6.